The summed E-state index contributed by atoms with van der Waals surface area (Å²) in [6.45, 7) is 2.94. The van der Waals surface area contributed by atoms with Crippen LogP contribution in [0.25, 0.3) is 0 Å². The van der Waals surface area contributed by atoms with Gasteiger partial charge in [-0.1, -0.05) is 27.5 Å². The van der Waals surface area contributed by atoms with Crippen molar-refractivity contribution in [1.82, 2.24) is 0 Å². The normalized spacial score (nSPS) is 14.9. The fraction of sp³-hybridized carbons (Fsp3) is 0.235. The molecule has 0 N–H and O–H groups in total. The molecule has 1 saturated heterocycles. The Morgan fingerprint density at radius 2 is 1.68 bits per heavy atom. The number of carbonyl (C=O) groups is 1. The van der Waals surface area contributed by atoms with Crippen LogP contribution in [0.5, 0.6) is 0 Å². The van der Waals surface area contributed by atoms with Crippen LogP contribution in [-0.2, 0) is 4.74 Å². The van der Waals surface area contributed by atoms with E-state index in [9.17, 15) is 4.79 Å². The first kappa shape index (κ1) is 15.5. The van der Waals surface area contributed by atoms with Gasteiger partial charge in [0.25, 0.3) is 0 Å². The first-order valence-corrected chi connectivity index (χ1v) is 8.25. The van der Waals surface area contributed by atoms with Crippen LogP contribution in [0.2, 0.25) is 5.02 Å². The molecule has 114 valence electrons. The number of hydrogen-bond donors (Lipinski definition) is 0. The molecular weight excluding hydrogens is 366 g/mol. The van der Waals surface area contributed by atoms with E-state index in [1.165, 1.54) is 0 Å². The topological polar surface area (TPSA) is 29.5 Å². The number of morpholine rings is 1. The summed E-state index contributed by atoms with van der Waals surface area (Å²) in [6.07, 6.45) is 0. The van der Waals surface area contributed by atoms with Gasteiger partial charge in [0.05, 0.1) is 23.9 Å². The number of anilines is 1. The molecule has 1 fully saturated rings. The smallest absolute Gasteiger partial charge is 0.193 e. The number of ether oxygens (including phenoxy) is 1. The number of carbonyl (C=O) groups excluding carboxylic acids is 1. The molecule has 22 heavy (non-hydrogen) atoms. The Morgan fingerprint density at radius 1 is 1.05 bits per heavy atom. The van der Waals surface area contributed by atoms with E-state index in [4.69, 9.17) is 16.3 Å². The zero-order chi connectivity index (χ0) is 15.5. The molecule has 1 heterocycles. The maximum absolute atomic E-state index is 12.6. The largest absolute Gasteiger partial charge is 0.378 e. The Morgan fingerprint density at radius 3 is 2.36 bits per heavy atom. The third-order valence-corrected chi connectivity index (χ3v) is 4.51. The fourth-order valence-corrected chi connectivity index (χ4v) is 2.97. The summed E-state index contributed by atoms with van der Waals surface area (Å²) in [5.74, 6) is -0.00123. The van der Waals surface area contributed by atoms with Gasteiger partial charge in [-0.25, -0.2) is 0 Å². The van der Waals surface area contributed by atoms with Crippen molar-refractivity contribution in [3.05, 3.63) is 63.1 Å². The lowest BCUT2D eigenvalue weighted by Crippen LogP contribution is -2.36. The third-order valence-electron chi connectivity index (χ3n) is 3.67. The summed E-state index contributed by atoms with van der Waals surface area (Å²) < 4.78 is 6.32. The summed E-state index contributed by atoms with van der Waals surface area (Å²) in [7, 11) is 0. The lowest BCUT2D eigenvalue weighted by atomic mass is 10.0. The minimum Gasteiger partial charge on any atom is -0.378 e. The van der Waals surface area contributed by atoms with Crippen LogP contribution in [0.4, 0.5) is 5.69 Å². The number of ketones is 1. The average Bonchev–Trinajstić information content (AvgIpc) is 2.56. The maximum Gasteiger partial charge on any atom is 0.193 e. The first-order valence-electron chi connectivity index (χ1n) is 7.07. The summed E-state index contributed by atoms with van der Waals surface area (Å²) >= 11 is 9.68. The van der Waals surface area contributed by atoms with Crippen LogP contribution in [0.15, 0.2) is 46.9 Å². The summed E-state index contributed by atoms with van der Waals surface area (Å²) in [6, 6.07) is 12.8. The molecule has 0 unspecified atom stereocenters. The second-order valence-electron chi connectivity index (χ2n) is 5.10. The average molecular weight is 381 g/mol. The van der Waals surface area contributed by atoms with Gasteiger partial charge in [0.1, 0.15) is 0 Å². The molecule has 0 aliphatic carbocycles. The highest BCUT2D eigenvalue weighted by molar-refractivity contribution is 9.10. The van der Waals surface area contributed by atoms with Crippen molar-refractivity contribution >= 4 is 39.0 Å². The SMILES string of the molecule is O=C(c1ccc(Br)cc1)c1ccc(Cl)c(N2CCOCC2)c1. The van der Waals surface area contributed by atoms with E-state index in [0.717, 1.165) is 23.2 Å². The number of hydrogen-bond acceptors (Lipinski definition) is 3. The minimum atomic E-state index is -0.00123. The van der Waals surface area contributed by atoms with Gasteiger partial charge in [-0.3, -0.25) is 4.79 Å². The molecule has 0 radical (unpaired) electrons. The van der Waals surface area contributed by atoms with Crippen LogP contribution in [0.1, 0.15) is 15.9 Å². The summed E-state index contributed by atoms with van der Waals surface area (Å²) in [5, 5.41) is 0.661. The van der Waals surface area contributed by atoms with E-state index in [1.807, 2.05) is 30.3 Å². The van der Waals surface area contributed by atoms with Crippen LogP contribution in [0, 0.1) is 0 Å². The lowest BCUT2D eigenvalue weighted by Gasteiger charge is -2.29. The van der Waals surface area contributed by atoms with E-state index in [2.05, 4.69) is 20.8 Å². The Hall–Kier alpha value is -1.36. The van der Waals surface area contributed by atoms with Crippen molar-refractivity contribution in [3.8, 4) is 0 Å². The Kier molecular flexibility index (Phi) is 4.81. The molecule has 2 aromatic rings. The fourth-order valence-electron chi connectivity index (χ4n) is 2.47. The van der Waals surface area contributed by atoms with Crippen molar-refractivity contribution < 1.29 is 9.53 Å². The predicted octanol–water partition coefficient (Wildman–Crippen LogP) is 4.17. The molecule has 0 spiro atoms. The minimum absolute atomic E-state index is 0.00123. The second kappa shape index (κ2) is 6.82. The van der Waals surface area contributed by atoms with Crippen molar-refractivity contribution in [3.63, 3.8) is 0 Å². The molecule has 0 amide bonds. The number of halogens is 2. The number of rotatable bonds is 3. The van der Waals surface area contributed by atoms with Crippen LogP contribution in [-0.4, -0.2) is 32.1 Å². The zero-order valence-electron chi connectivity index (χ0n) is 11.9. The quantitative estimate of drug-likeness (QED) is 0.749. The molecular formula is C17H15BrClNO2. The van der Waals surface area contributed by atoms with Crippen LogP contribution >= 0.6 is 27.5 Å². The lowest BCUT2D eigenvalue weighted by molar-refractivity contribution is 0.103. The van der Waals surface area contributed by atoms with Crippen molar-refractivity contribution in [2.45, 2.75) is 0 Å². The van der Waals surface area contributed by atoms with Crippen LogP contribution < -0.4 is 4.90 Å². The van der Waals surface area contributed by atoms with Gasteiger partial charge < -0.3 is 9.64 Å². The van der Waals surface area contributed by atoms with Gasteiger partial charge in [-0.2, -0.15) is 0 Å². The van der Waals surface area contributed by atoms with Crippen molar-refractivity contribution in [2.75, 3.05) is 31.2 Å². The standard InChI is InChI=1S/C17H15BrClNO2/c18-14-4-1-12(2-5-14)17(21)13-3-6-15(19)16(11-13)20-7-9-22-10-8-20/h1-6,11H,7-10H2. The van der Waals surface area contributed by atoms with E-state index >= 15 is 0 Å². The Labute approximate surface area is 143 Å². The molecule has 0 bridgehead atoms. The highest BCUT2D eigenvalue weighted by Crippen LogP contribution is 2.28. The van der Waals surface area contributed by atoms with Gasteiger partial charge in [-0.05, 0) is 42.5 Å². The van der Waals surface area contributed by atoms with E-state index in [0.29, 0.717) is 29.4 Å². The Bertz CT molecular complexity index is 682. The molecule has 3 nitrogen and oxygen atoms in total. The monoisotopic (exact) mass is 379 g/mol. The molecule has 1 aliphatic heterocycles. The van der Waals surface area contributed by atoms with Gasteiger partial charge in [0.2, 0.25) is 0 Å². The molecule has 0 atom stereocenters. The van der Waals surface area contributed by atoms with E-state index < -0.39 is 0 Å². The second-order valence-corrected chi connectivity index (χ2v) is 6.42. The molecule has 5 heteroatoms. The van der Waals surface area contributed by atoms with E-state index in [-0.39, 0.29) is 5.78 Å². The van der Waals surface area contributed by atoms with Gasteiger partial charge in [-0.15, -0.1) is 0 Å². The van der Waals surface area contributed by atoms with Crippen LogP contribution in [0.3, 0.4) is 0 Å². The molecule has 0 saturated carbocycles. The zero-order valence-corrected chi connectivity index (χ0v) is 14.2. The molecule has 1 aliphatic rings. The van der Waals surface area contributed by atoms with E-state index in [1.54, 1.807) is 12.1 Å². The maximum atomic E-state index is 12.6. The highest BCUT2D eigenvalue weighted by Gasteiger charge is 2.17. The van der Waals surface area contributed by atoms with Crippen molar-refractivity contribution in [1.29, 1.82) is 0 Å². The number of benzene rings is 2. The highest BCUT2D eigenvalue weighted by atomic mass is 79.9. The molecule has 2 aromatic carbocycles. The molecule has 0 aromatic heterocycles. The predicted molar refractivity (Wildman–Crippen MR) is 92.1 cm³/mol. The summed E-state index contributed by atoms with van der Waals surface area (Å²) in [4.78, 5) is 14.8. The van der Waals surface area contributed by atoms with Crippen molar-refractivity contribution in [2.24, 2.45) is 0 Å². The van der Waals surface area contributed by atoms with Gasteiger partial charge >= 0.3 is 0 Å². The number of nitrogens with zero attached hydrogens (tertiary/aromatic N) is 1. The van der Waals surface area contributed by atoms with Gasteiger partial charge in [0.15, 0.2) is 5.78 Å². The summed E-state index contributed by atoms with van der Waals surface area (Å²) in [5.41, 5.74) is 2.21. The molecule has 3 rings (SSSR count). The third kappa shape index (κ3) is 3.35. The van der Waals surface area contributed by atoms with Gasteiger partial charge in [0, 0.05) is 28.7 Å². The first-order chi connectivity index (χ1) is 10.6. The Balaban J connectivity index is 1.90.